The van der Waals surface area contributed by atoms with Gasteiger partial charge in [-0.2, -0.15) is 0 Å². The van der Waals surface area contributed by atoms with E-state index in [1.807, 2.05) is 19.2 Å². The lowest BCUT2D eigenvalue weighted by Crippen LogP contribution is -2.36. The van der Waals surface area contributed by atoms with Crippen molar-refractivity contribution in [3.8, 4) is 5.75 Å². The molecule has 0 saturated heterocycles. The Hall–Kier alpha value is -1.35. The molecule has 5 nitrogen and oxygen atoms in total. The molecule has 0 unspecified atom stereocenters. The smallest absolute Gasteiger partial charge is 0.191 e. The third-order valence-corrected chi connectivity index (χ3v) is 4.23. The lowest BCUT2D eigenvalue weighted by atomic mass is 10.1. The summed E-state index contributed by atoms with van der Waals surface area (Å²) in [7, 11) is 1.69. The van der Waals surface area contributed by atoms with Gasteiger partial charge >= 0.3 is 0 Å². The average molecular weight is 460 g/mol. The van der Waals surface area contributed by atoms with Gasteiger partial charge in [-0.25, -0.2) is 9.98 Å². The Kier molecular flexibility index (Phi) is 9.05. The first-order valence-corrected chi connectivity index (χ1v) is 8.51. The first kappa shape index (κ1) is 20.7. The van der Waals surface area contributed by atoms with Crippen LogP contribution in [-0.4, -0.2) is 24.6 Å². The van der Waals surface area contributed by atoms with Crippen molar-refractivity contribution in [1.29, 1.82) is 0 Å². The lowest BCUT2D eigenvalue weighted by Gasteiger charge is -2.11. The molecule has 2 rings (SSSR count). The number of hydrogen-bond donors (Lipinski definition) is 2. The molecule has 0 atom stereocenters. The molecule has 0 aliphatic heterocycles. The van der Waals surface area contributed by atoms with E-state index < -0.39 is 0 Å². The van der Waals surface area contributed by atoms with Crippen LogP contribution >= 0.6 is 35.3 Å². The number of guanidine groups is 1. The van der Waals surface area contributed by atoms with E-state index in [0.29, 0.717) is 13.1 Å². The number of aromatic nitrogens is 1. The summed E-state index contributed by atoms with van der Waals surface area (Å²) in [6, 6.07) is 6.17. The largest absolute Gasteiger partial charge is 0.496 e. The standard InChI is InChI=1S/C17H24N4OS.HI/c1-5-18-17(21-11-16-19-9-13(3)23-16)20-10-14-7-6-12(2)15(8-14)22-4;/h6-9H,5,10-11H2,1-4H3,(H2,18,20,21);1H. The van der Waals surface area contributed by atoms with Gasteiger partial charge in [-0.15, -0.1) is 35.3 Å². The van der Waals surface area contributed by atoms with Crippen LogP contribution in [0.5, 0.6) is 5.75 Å². The van der Waals surface area contributed by atoms with Gasteiger partial charge in [0.2, 0.25) is 0 Å². The second-order valence-corrected chi connectivity index (χ2v) is 6.54. The van der Waals surface area contributed by atoms with Gasteiger partial charge in [0.05, 0.1) is 20.2 Å². The highest BCUT2D eigenvalue weighted by molar-refractivity contribution is 14.0. The van der Waals surface area contributed by atoms with Crippen molar-refractivity contribution >= 4 is 41.3 Å². The first-order valence-electron chi connectivity index (χ1n) is 7.69. The molecule has 132 valence electrons. The summed E-state index contributed by atoms with van der Waals surface area (Å²) in [4.78, 5) is 10.2. The summed E-state index contributed by atoms with van der Waals surface area (Å²) in [5, 5.41) is 7.63. The number of nitrogens with one attached hydrogen (secondary N) is 2. The number of hydrogen-bond acceptors (Lipinski definition) is 4. The van der Waals surface area contributed by atoms with Crippen LogP contribution in [0.2, 0.25) is 0 Å². The van der Waals surface area contributed by atoms with Gasteiger partial charge < -0.3 is 15.4 Å². The zero-order chi connectivity index (χ0) is 16.7. The second-order valence-electron chi connectivity index (χ2n) is 5.22. The summed E-state index contributed by atoms with van der Waals surface area (Å²) in [5.74, 6) is 1.69. The molecule has 0 bridgehead atoms. The van der Waals surface area contributed by atoms with Crippen LogP contribution in [0.15, 0.2) is 29.4 Å². The highest BCUT2D eigenvalue weighted by atomic mass is 127. The van der Waals surface area contributed by atoms with Crippen molar-refractivity contribution in [2.75, 3.05) is 13.7 Å². The van der Waals surface area contributed by atoms with Crippen LogP contribution in [0, 0.1) is 13.8 Å². The van der Waals surface area contributed by atoms with Crippen LogP contribution in [-0.2, 0) is 13.1 Å². The number of rotatable bonds is 6. The van der Waals surface area contributed by atoms with Crippen molar-refractivity contribution in [2.45, 2.75) is 33.9 Å². The summed E-state index contributed by atoms with van der Waals surface area (Å²) in [5.41, 5.74) is 2.25. The highest BCUT2D eigenvalue weighted by Crippen LogP contribution is 2.19. The van der Waals surface area contributed by atoms with Gasteiger partial charge in [-0.05, 0) is 38.0 Å². The number of aliphatic imine (C=N–C) groups is 1. The van der Waals surface area contributed by atoms with Gasteiger partial charge in [-0.1, -0.05) is 12.1 Å². The fraction of sp³-hybridized carbons (Fsp3) is 0.412. The van der Waals surface area contributed by atoms with E-state index in [-0.39, 0.29) is 24.0 Å². The van der Waals surface area contributed by atoms with Crippen molar-refractivity contribution in [2.24, 2.45) is 4.99 Å². The van der Waals surface area contributed by atoms with Crippen LogP contribution < -0.4 is 15.4 Å². The maximum Gasteiger partial charge on any atom is 0.191 e. The number of halogens is 1. The molecule has 7 heteroatoms. The fourth-order valence-corrected chi connectivity index (χ4v) is 2.84. The molecule has 0 radical (unpaired) electrons. The van der Waals surface area contributed by atoms with E-state index >= 15 is 0 Å². The van der Waals surface area contributed by atoms with Gasteiger partial charge in [0.25, 0.3) is 0 Å². The quantitative estimate of drug-likeness (QED) is 0.393. The minimum atomic E-state index is 0. The zero-order valence-corrected chi connectivity index (χ0v) is 17.7. The van der Waals surface area contributed by atoms with Gasteiger partial charge in [0, 0.05) is 17.6 Å². The second kappa shape index (κ2) is 10.5. The predicted molar refractivity (Wildman–Crippen MR) is 112 cm³/mol. The molecule has 1 aromatic carbocycles. The topological polar surface area (TPSA) is 58.5 Å². The maximum absolute atomic E-state index is 5.36. The third kappa shape index (κ3) is 6.27. The maximum atomic E-state index is 5.36. The van der Waals surface area contributed by atoms with E-state index in [9.17, 15) is 0 Å². The van der Waals surface area contributed by atoms with Crippen molar-refractivity contribution in [1.82, 2.24) is 15.6 Å². The number of methoxy groups -OCH3 is 1. The number of aryl methyl sites for hydroxylation is 2. The van der Waals surface area contributed by atoms with E-state index in [1.165, 1.54) is 4.88 Å². The van der Waals surface area contributed by atoms with E-state index in [4.69, 9.17) is 4.74 Å². The van der Waals surface area contributed by atoms with Crippen LogP contribution in [0.4, 0.5) is 0 Å². The molecule has 24 heavy (non-hydrogen) atoms. The molecule has 1 heterocycles. The highest BCUT2D eigenvalue weighted by Gasteiger charge is 2.03. The van der Waals surface area contributed by atoms with E-state index in [2.05, 4.69) is 46.6 Å². The molecule has 0 aliphatic rings. The molecular weight excluding hydrogens is 435 g/mol. The lowest BCUT2D eigenvalue weighted by molar-refractivity contribution is 0.411. The van der Waals surface area contributed by atoms with Crippen molar-refractivity contribution in [3.63, 3.8) is 0 Å². The summed E-state index contributed by atoms with van der Waals surface area (Å²) >= 11 is 1.70. The normalized spacial score (nSPS) is 10.9. The molecule has 0 aliphatic carbocycles. The Labute approximate surface area is 165 Å². The predicted octanol–water partition coefficient (Wildman–Crippen LogP) is 3.64. The van der Waals surface area contributed by atoms with Gasteiger partial charge in [0.1, 0.15) is 10.8 Å². The SMILES string of the molecule is CCNC(=NCc1ccc(C)c(OC)c1)NCc1ncc(C)s1.I. The molecule has 2 N–H and O–H groups in total. The average Bonchev–Trinajstić information content (AvgIpc) is 2.97. The zero-order valence-electron chi connectivity index (χ0n) is 14.5. The third-order valence-electron chi connectivity index (χ3n) is 3.31. The van der Waals surface area contributed by atoms with E-state index in [0.717, 1.165) is 34.4 Å². The van der Waals surface area contributed by atoms with Crippen molar-refractivity contribution in [3.05, 3.63) is 45.4 Å². The van der Waals surface area contributed by atoms with E-state index in [1.54, 1.807) is 18.4 Å². The Bertz CT molecular complexity index is 672. The molecule has 0 amide bonds. The minimum Gasteiger partial charge on any atom is -0.496 e. The van der Waals surface area contributed by atoms with Gasteiger partial charge in [-0.3, -0.25) is 0 Å². The van der Waals surface area contributed by atoms with Crippen LogP contribution in [0.3, 0.4) is 0 Å². The molecule has 0 spiro atoms. The minimum absolute atomic E-state index is 0. The number of thiazole rings is 1. The Morgan fingerprint density at radius 2 is 2.08 bits per heavy atom. The Morgan fingerprint density at radius 3 is 2.71 bits per heavy atom. The van der Waals surface area contributed by atoms with Crippen LogP contribution in [0.1, 0.15) is 27.9 Å². The summed E-state index contributed by atoms with van der Waals surface area (Å²) in [6.45, 7) is 8.25. The Balaban J connectivity index is 0.00000288. The van der Waals surface area contributed by atoms with Crippen molar-refractivity contribution < 1.29 is 4.74 Å². The fourth-order valence-electron chi connectivity index (χ4n) is 2.12. The Morgan fingerprint density at radius 1 is 1.29 bits per heavy atom. The molecule has 1 aromatic heterocycles. The number of benzene rings is 1. The first-order chi connectivity index (χ1) is 11.1. The number of ether oxygens (including phenoxy) is 1. The molecule has 0 saturated carbocycles. The summed E-state index contributed by atoms with van der Waals surface area (Å²) < 4.78 is 5.36. The summed E-state index contributed by atoms with van der Waals surface area (Å²) in [6.07, 6.45) is 1.89. The molecular formula is C17H25IN4OS. The number of nitrogens with zero attached hydrogens (tertiary/aromatic N) is 2. The monoisotopic (exact) mass is 460 g/mol. The van der Waals surface area contributed by atoms with Crippen LogP contribution in [0.25, 0.3) is 0 Å². The molecule has 0 fully saturated rings. The van der Waals surface area contributed by atoms with Gasteiger partial charge in [0.15, 0.2) is 5.96 Å². The molecule has 2 aromatic rings.